The van der Waals surface area contributed by atoms with E-state index in [1.54, 1.807) is 12.1 Å². The zero-order valence-corrected chi connectivity index (χ0v) is 15.4. The van der Waals surface area contributed by atoms with Crippen molar-refractivity contribution in [3.63, 3.8) is 0 Å². The summed E-state index contributed by atoms with van der Waals surface area (Å²) in [6.45, 7) is 2.37. The van der Waals surface area contributed by atoms with Gasteiger partial charge in [-0.2, -0.15) is 9.90 Å². The molecule has 0 saturated carbocycles. The number of aromatic nitrogens is 7. The number of hydrogen-bond acceptors (Lipinski definition) is 5. The van der Waals surface area contributed by atoms with Crippen LogP contribution >= 0.6 is 23.8 Å². The maximum Gasteiger partial charge on any atom is 0.204 e. The number of H-pyrrole nitrogens is 1. The summed E-state index contributed by atoms with van der Waals surface area (Å²) in [5.74, 6) is 1.22. The zero-order chi connectivity index (χ0) is 18.1. The summed E-state index contributed by atoms with van der Waals surface area (Å²) < 4.78 is 2.38. The molecule has 1 N–H and O–H groups in total. The minimum absolute atomic E-state index is 0.335. The van der Waals surface area contributed by atoms with Crippen LogP contribution in [0.4, 0.5) is 0 Å². The molecule has 7 nitrogen and oxygen atoms in total. The van der Waals surface area contributed by atoms with Gasteiger partial charge < -0.3 is 0 Å². The van der Waals surface area contributed by atoms with Gasteiger partial charge in [0.2, 0.25) is 5.82 Å². The van der Waals surface area contributed by atoms with Gasteiger partial charge in [0, 0.05) is 16.3 Å². The van der Waals surface area contributed by atoms with Crippen LogP contribution in [0.25, 0.3) is 17.1 Å². The Labute approximate surface area is 159 Å². The van der Waals surface area contributed by atoms with Crippen molar-refractivity contribution in [2.24, 2.45) is 0 Å². The molecule has 0 saturated heterocycles. The first-order valence-electron chi connectivity index (χ1n) is 7.87. The van der Waals surface area contributed by atoms with Crippen molar-refractivity contribution in [3.05, 3.63) is 69.7 Å². The second-order valence-electron chi connectivity index (χ2n) is 5.77. The van der Waals surface area contributed by atoms with E-state index in [4.69, 9.17) is 23.8 Å². The fourth-order valence-electron chi connectivity index (χ4n) is 2.55. The Morgan fingerprint density at radius 2 is 1.81 bits per heavy atom. The van der Waals surface area contributed by atoms with Crippen molar-refractivity contribution in [1.82, 2.24) is 35.0 Å². The Balaban J connectivity index is 1.64. The number of hydrogen-bond donors (Lipinski definition) is 1. The highest BCUT2D eigenvalue weighted by Gasteiger charge is 2.12. The summed E-state index contributed by atoms with van der Waals surface area (Å²) in [6.07, 6.45) is 0. The van der Waals surface area contributed by atoms with Crippen LogP contribution in [0.15, 0.2) is 48.5 Å². The van der Waals surface area contributed by atoms with Crippen molar-refractivity contribution in [2.75, 3.05) is 0 Å². The molecule has 0 radical (unpaired) electrons. The van der Waals surface area contributed by atoms with Crippen molar-refractivity contribution < 1.29 is 0 Å². The van der Waals surface area contributed by atoms with Gasteiger partial charge in [0.25, 0.3) is 0 Å². The van der Waals surface area contributed by atoms with E-state index in [9.17, 15) is 0 Å². The lowest BCUT2D eigenvalue weighted by molar-refractivity contribution is 0.548. The first-order chi connectivity index (χ1) is 12.6. The van der Waals surface area contributed by atoms with E-state index in [1.165, 1.54) is 10.4 Å². The average Bonchev–Trinajstić information content (AvgIpc) is 3.24. The van der Waals surface area contributed by atoms with Crippen molar-refractivity contribution in [1.29, 1.82) is 0 Å². The number of nitrogens with zero attached hydrogens (tertiary/aromatic N) is 6. The molecule has 2 aromatic heterocycles. The molecular formula is C17H14ClN7S. The van der Waals surface area contributed by atoms with Gasteiger partial charge in [0.15, 0.2) is 10.6 Å². The van der Waals surface area contributed by atoms with Gasteiger partial charge >= 0.3 is 0 Å². The van der Waals surface area contributed by atoms with Gasteiger partial charge in [-0.15, -0.1) is 10.2 Å². The molecule has 0 amide bonds. The fraction of sp³-hybridized carbons (Fsp3) is 0.118. The maximum atomic E-state index is 5.91. The van der Waals surface area contributed by atoms with Gasteiger partial charge in [-0.3, -0.25) is 9.67 Å². The lowest BCUT2D eigenvalue weighted by Gasteiger charge is -2.06. The molecule has 130 valence electrons. The molecule has 0 unspecified atom stereocenters. The van der Waals surface area contributed by atoms with E-state index in [0.717, 1.165) is 11.3 Å². The number of benzene rings is 2. The summed E-state index contributed by atoms with van der Waals surface area (Å²) in [6, 6.07) is 15.3. The van der Waals surface area contributed by atoms with Crippen LogP contribution in [0, 0.1) is 11.7 Å². The highest BCUT2D eigenvalue weighted by Crippen LogP contribution is 2.17. The molecule has 2 aromatic carbocycles. The SMILES string of the molecule is Cc1ccc(-n2c(Cn3nnc(-c4ccc(Cl)cc4)n3)n[nH]c2=S)cc1. The van der Waals surface area contributed by atoms with E-state index < -0.39 is 0 Å². The van der Waals surface area contributed by atoms with Crippen molar-refractivity contribution >= 4 is 23.8 Å². The highest BCUT2D eigenvalue weighted by molar-refractivity contribution is 7.71. The molecule has 4 rings (SSSR count). The third-order valence-electron chi connectivity index (χ3n) is 3.87. The number of tetrazole rings is 1. The Kier molecular flexibility index (Phi) is 4.36. The van der Waals surface area contributed by atoms with Crippen LogP contribution in [0.3, 0.4) is 0 Å². The molecule has 0 spiro atoms. The Morgan fingerprint density at radius 3 is 2.54 bits per heavy atom. The zero-order valence-electron chi connectivity index (χ0n) is 13.8. The number of nitrogens with one attached hydrogen (secondary N) is 1. The van der Waals surface area contributed by atoms with Crippen LogP contribution in [-0.4, -0.2) is 35.0 Å². The molecule has 0 aliphatic carbocycles. The molecular weight excluding hydrogens is 370 g/mol. The first-order valence-corrected chi connectivity index (χ1v) is 8.66. The second kappa shape index (κ2) is 6.81. The fourth-order valence-corrected chi connectivity index (χ4v) is 2.93. The molecule has 0 atom stereocenters. The quantitative estimate of drug-likeness (QED) is 0.545. The average molecular weight is 384 g/mol. The van der Waals surface area contributed by atoms with Crippen LogP contribution in [0.2, 0.25) is 5.02 Å². The van der Waals surface area contributed by atoms with E-state index in [-0.39, 0.29) is 0 Å². The van der Waals surface area contributed by atoms with Gasteiger partial charge in [0.1, 0.15) is 6.54 Å². The topological polar surface area (TPSA) is 77.2 Å². The number of rotatable bonds is 4. The summed E-state index contributed by atoms with van der Waals surface area (Å²) in [5, 5.41) is 20.4. The van der Waals surface area contributed by atoms with E-state index in [1.807, 2.05) is 47.9 Å². The Hall–Kier alpha value is -2.84. The van der Waals surface area contributed by atoms with Gasteiger partial charge in [-0.1, -0.05) is 29.3 Å². The Morgan fingerprint density at radius 1 is 1.08 bits per heavy atom. The predicted octanol–water partition coefficient (Wildman–Crippen LogP) is 3.59. The van der Waals surface area contributed by atoms with E-state index in [2.05, 4.69) is 25.6 Å². The summed E-state index contributed by atoms with van der Waals surface area (Å²) in [7, 11) is 0. The first kappa shape index (κ1) is 16.6. The van der Waals surface area contributed by atoms with Gasteiger partial charge in [0.05, 0.1) is 0 Å². The number of aryl methyl sites for hydroxylation is 1. The molecule has 0 aliphatic rings. The molecule has 9 heteroatoms. The third kappa shape index (κ3) is 3.29. The van der Waals surface area contributed by atoms with Crippen LogP contribution in [0.5, 0.6) is 0 Å². The molecule has 0 fully saturated rings. The molecule has 0 aliphatic heterocycles. The Bertz CT molecular complexity index is 1090. The predicted molar refractivity (Wildman–Crippen MR) is 101 cm³/mol. The molecule has 2 heterocycles. The van der Waals surface area contributed by atoms with Crippen LogP contribution < -0.4 is 0 Å². The second-order valence-corrected chi connectivity index (χ2v) is 6.59. The number of halogens is 1. The van der Waals surface area contributed by atoms with Crippen LogP contribution in [0.1, 0.15) is 11.4 Å². The molecule has 0 bridgehead atoms. The minimum atomic E-state index is 0.335. The largest absolute Gasteiger partial charge is 0.271 e. The lowest BCUT2D eigenvalue weighted by atomic mass is 10.2. The van der Waals surface area contributed by atoms with E-state index >= 15 is 0 Å². The summed E-state index contributed by atoms with van der Waals surface area (Å²) in [5.41, 5.74) is 2.95. The third-order valence-corrected chi connectivity index (χ3v) is 4.40. The van der Waals surface area contributed by atoms with Gasteiger partial charge in [-0.05, 0) is 60.8 Å². The normalized spacial score (nSPS) is 11.0. The minimum Gasteiger partial charge on any atom is -0.271 e. The standard InChI is InChI=1S/C17H14ClN7S/c1-11-2-8-14(9-3-11)25-15(19-21-17(25)26)10-24-22-16(20-23-24)12-4-6-13(18)7-5-12/h2-9H,10H2,1H3,(H,21,26). The highest BCUT2D eigenvalue weighted by atomic mass is 35.5. The molecule has 4 aromatic rings. The van der Waals surface area contributed by atoms with E-state index in [0.29, 0.717) is 28.0 Å². The summed E-state index contributed by atoms with van der Waals surface area (Å²) in [4.78, 5) is 1.49. The summed E-state index contributed by atoms with van der Waals surface area (Å²) >= 11 is 11.3. The number of aromatic amines is 1. The smallest absolute Gasteiger partial charge is 0.204 e. The lowest BCUT2D eigenvalue weighted by Crippen LogP contribution is -2.10. The molecule has 26 heavy (non-hydrogen) atoms. The maximum absolute atomic E-state index is 5.91. The monoisotopic (exact) mass is 383 g/mol. The van der Waals surface area contributed by atoms with Crippen LogP contribution in [-0.2, 0) is 6.54 Å². The van der Waals surface area contributed by atoms with Crippen molar-refractivity contribution in [3.8, 4) is 17.1 Å². The van der Waals surface area contributed by atoms with Gasteiger partial charge in [-0.25, -0.2) is 0 Å². The van der Waals surface area contributed by atoms with Crippen molar-refractivity contribution in [2.45, 2.75) is 13.5 Å².